The van der Waals surface area contributed by atoms with Crippen molar-refractivity contribution in [2.45, 2.75) is 13.1 Å². The maximum Gasteiger partial charge on any atom is 0.283 e. The van der Waals surface area contributed by atoms with Gasteiger partial charge in [0.1, 0.15) is 10.3 Å². The third-order valence-corrected chi connectivity index (χ3v) is 3.63. The third-order valence-electron chi connectivity index (χ3n) is 2.86. The predicted molar refractivity (Wildman–Crippen MR) is 81.8 cm³/mol. The van der Waals surface area contributed by atoms with E-state index in [1.54, 1.807) is 25.4 Å². The van der Waals surface area contributed by atoms with Gasteiger partial charge in [0.05, 0.1) is 25.0 Å². The predicted octanol–water partition coefficient (Wildman–Crippen LogP) is 2.40. The fraction of sp³-hybridized carbons (Fsp3) is 0.286. The standard InChI is InChI=1S/C14H15BrFN3O2/c1-21-6-5-19-14(20)13(15)12(9-18-19)17-8-10-3-2-4-11(16)7-10/h2-4,7,9,17H,5-6,8H2,1H3. The molecule has 1 N–H and O–H groups in total. The lowest BCUT2D eigenvalue weighted by atomic mass is 10.2. The van der Waals surface area contributed by atoms with Gasteiger partial charge in [-0.3, -0.25) is 4.79 Å². The van der Waals surface area contributed by atoms with Crippen LogP contribution in [0.3, 0.4) is 0 Å². The highest BCUT2D eigenvalue weighted by Gasteiger charge is 2.08. The van der Waals surface area contributed by atoms with Crippen molar-refractivity contribution in [3.05, 3.63) is 56.7 Å². The quantitative estimate of drug-likeness (QED) is 0.864. The Labute approximate surface area is 129 Å². The van der Waals surface area contributed by atoms with Gasteiger partial charge in [-0.2, -0.15) is 5.10 Å². The first-order valence-corrected chi connectivity index (χ1v) is 7.14. The summed E-state index contributed by atoms with van der Waals surface area (Å²) in [5, 5.41) is 7.12. The highest BCUT2D eigenvalue weighted by Crippen LogP contribution is 2.17. The van der Waals surface area contributed by atoms with E-state index in [0.717, 1.165) is 5.56 Å². The maximum absolute atomic E-state index is 13.1. The molecule has 0 spiro atoms. The van der Waals surface area contributed by atoms with E-state index >= 15 is 0 Å². The number of anilines is 1. The van der Waals surface area contributed by atoms with Crippen LogP contribution in [0.4, 0.5) is 10.1 Å². The van der Waals surface area contributed by atoms with Crippen molar-refractivity contribution < 1.29 is 9.13 Å². The normalized spacial score (nSPS) is 10.6. The number of benzene rings is 1. The van der Waals surface area contributed by atoms with Crippen molar-refractivity contribution >= 4 is 21.6 Å². The number of hydrogen-bond acceptors (Lipinski definition) is 4. The molecule has 2 aromatic rings. The van der Waals surface area contributed by atoms with Crippen molar-refractivity contribution in [1.29, 1.82) is 0 Å². The highest BCUT2D eigenvalue weighted by atomic mass is 79.9. The number of ether oxygens (including phenoxy) is 1. The van der Waals surface area contributed by atoms with Gasteiger partial charge < -0.3 is 10.1 Å². The van der Waals surface area contributed by atoms with Crippen molar-refractivity contribution in [3.63, 3.8) is 0 Å². The van der Waals surface area contributed by atoms with E-state index in [1.165, 1.54) is 16.8 Å². The van der Waals surface area contributed by atoms with Gasteiger partial charge >= 0.3 is 0 Å². The molecular weight excluding hydrogens is 341 g/mol. The molecule has 0 aliphatic carbocycles. The second-order valence-electron chi connectivity index (χ2n) is 4.38. The Balaban J connectivity index is 2.10. The molecule has 0 aliphatic rings. The molecule has 5 nitrogen and oxygen atoms in total. The number of methoxy groups -OCH3 is 1. The molecule has 7 heteroatoms. The molecule has 0 bridgehead atoms. The molecule has 21 heavy (non-hydrogen) atoms. The fourth-order valence-corrected chi connectivity index (χ4v) is 2.22. The van der Waals surface area contributed by atoms with E-state index in [-0.39, 0.29) is 11.4 Å². The second kappa shape index (κ2) is 7.33. The number of aromatic nitrogens is 2. The summed E-state index contributed by atoms with van der Waals surface area (Å²) in [7, 11) is 1.56. The van der Waals surface area contributed by atoms with Crippen LogP contribution in [0.5, 0.6) is 0 Å². The molecule has 1 aromatic heterocycles. The molecular formula is C14H15BrFN3O2. The Morgan fingerprint density at radius 1 is 1.48 bits per heavy atom. The summed E-state index contributed by atoms with van der Waals surface area (Å²) in [6.45, 7) is 1.20. The van der Waals surface area contributed by atoms with E-state index < -0.39 is 0 Å². The average Bonchev–Trinajstić information content (AvgIpc) is 2.48. The zero-order chi connectivity index (χ0) is 15.2. The molecule has 0 amide bonds. The number of hydrogen-bond donors (Lipinski definition) is 1. The molecule has 0 saturated carbocycles. The van der Waals surface area contributed by atoms with Crippen LogP contribution in [0.2, 0.25) is 0 Å². The highest BCUT2D eigenvalue weighted by molar-refractivity contribution is 9.10. The minimum absolute atomic E-state index is 0.240. The zero-order valence-corrected chi connectivity index (χ0v) is 13.1. The Morgan fingerprint density at radius 2 is 2.29 bits per heavy atom. The van der Waals surface area contributed by atoms with Crippen LogP contribution in [0.25, 0.3) is 0 Å². The first kappa shape index (κ1) is 15.7. The molecule has 2 rings (SSSR count). The van der Waals surface area contributed by atoms with Crippen molar-refractivity contribution in [2.75, 3.05) is 19.0 Å². The number of rotatable bonds is 6. The Hall–Kier alpha value is -1.73. The third kappa shape index (κ3) is 4.12. The van der Waals surface area contributed by atoms with E-state index in [4.69, 9.17) is 4.74 Å². The van der Waals surface area contributed by atoms with Crippen molar-refractivity contribution in [2.24, 2.45) is 0 Å². The van der Waals surface area contributed by atoms with Crippen LogP contribution in [-0.2, 0) is 17.8 Å². The minimum atomic E-state index is -0.290. The second-order valence-corrected chi connectivity index (χ2v) is 5.17. The molecule has 1 heterocycles. The summed E-state index contributed by atoms with van der Waals surface area (Å²) in [5.74, 6) is -0.290. The zero-order valence-electron chi connectivity index (χ0n) is 11.5. The average molecular weight is 356 g/mol. The monoisotopic (exact) mass is 355 g/mol. The molecule has 0 atom stereocenters. The molecule has 0 saturated heterocycles. The van der Waals surface area contributed by atoms with Crippen LogP contribution < -0.4 is 10.9 Å². The van der Waals surface area contributed by atoms with E-state index in [1.807, 2.05) is 0 Å². The SMILES string of the molecule is COCCn1ncc(NCc2cccc(F)c2)c(Br)c1=O. The van der Waals surface area contributed by atoms with Gasteiger partial charge in [-0.15, -0.1) is 0 Å². The van der Waals surface area contributed by atoms with E-state index in [0.29, 0.717) is 29.9 Å². The number of halogens is 2. The van der Waals surface area contributed by atoms with Gasteiger partial charge in [-0.1, -0.05) is 12.1 Å². The molecule has 0 unspecified atom stereocenters. The summed E-state index contributed by atoms with van der Waals surface area (Å²) in [6, 6.07) is 6.27. The first-order chi connectivity index (χ1) is 10.1. The van der Waals surface area contributed by atoms with Gasteiger partial charge in [-0.05, 0) is 33.6 Å². The van der Waals surface area contributed by atoms with Gasteiger partial charge in [0, 0.05) is 13.7 Å². The summed E-state index contributed by atoms with van der Waals surface area (Å²) >= 11 is 3.26. The number of nitrogens with zero attached hydrogens (tertiary/aromatic N) is 2. The van der Waals surface area contributed by atoms with Gasteiger partial charge in [0.15, 0.2) is 0 Å². The van der Waals surface area contributed by atoms with Crippen LogP contribution in [0.1, 0.15) is 5.56 Å². The summed E-state index contributed by atoms with van der Waals surface area (Å²) in [4.78, 5) is 12.1. The summed E-state index contributed by atoms with van der Waals surface area (Å²) < 4.78 is 19.7. The maximum atomic E-state index is 13.1. The summed E-state index contributed by atoms with van der Waals surface area (Å²) in [6.07, 6.45) is 1.56. The lowest BCUT2D eigenvalue weighted by Gasteiger charge is -2.10. The van der Waals surface area contributed by atoms with Crippen molar-refractivity contribution in [3.8, 4) is 0 Å². The minimum Gasteiger partial charge on any atom is -0.383 e. The van der Waals surface area contributed by atoms with Crippen LogP contribution in [-0.4, -0.2) is 23.5 Å². The Kier molecular flexibility index (Phi) is 5.46. The van der Waals surface area contributed by atoms with Gasteiger partial charge in [0.25, 0.3) is 5.56 Å². The van der Waals surface area contributed by atoms with Crippen LogP contribution >= 0.6 is 15.9 Å². The molecule has 0 radical (unpaired) electrons. The lowest BCUT2D eigenvalue weighted by Crippen LogP contribution is -2.26. The Bertz CT molecular complexity index is 676. The molecule has 1 aromatic carbocycles. The van der Waals surface area contributed by atoms with Gasteiger partial charge in [-0.25, -0.2) is 9.07 Å². The number of nitrogens with one attached hydrogen (secondary N) is 1. The van der Waals surface area contributed by atoms with E-state index in [2.05, 4.69) is 26.3 Å². The van der Waals surface area contributed by atoms with Crippen LogP contribution in [0, 0.1) is 5.82 Å². The van der Waals surface area contributed by atoms with Crippen molar-refractivity contribution in [1.82, 2.24) is 9.78 Å². The van der Waals surface area contributed by atoms with Gasteiger partial charge in [0.2, 0.25) is 0 Å². The molecule has 0 fully saturated rings. The smallest absolute Gasteiger partial charge is 0.283 e. The lowest BCUT2D eigenvalue weighted by molar-refractivity contribution is 0.181. The largest absolute Gasteiger partial charge is 0.383 e. The van der Waals surface area contributed by atoms with E-state index in [9.17, 15) is 9.18 Å². The molecule has 0 aliphatic heterocycles. The fourth-order valence-electron chi connectivity index (χ4n) is 1.77. The Morgan fingerprint density at radius 3 is 3.00 bits per heavy atom. The topological polar surface area (TPSA) is 56.1 Å². The molecule has 112 valence electrons. The first-order valence-electron chi connectivity index (χ1n) is 6.34. The summed E-state index contributed by atoms with van der Waals surface area (Å²) in [5.41, 5.74) is 1.11. The van der Waals surface area contributed by atoms with Crippen LogP contribution in [0.15, 0.2) is 39.7 Å².